The van der Waals surface area contributed by atoms with E-state index >= 15 is 0 Å². The zero-order valence-corrected chi connectivity index (χ0v) is 11.4. The molecular formula is C13H11ClN2O2S. The van der Waals surface area contributed by atoms with Crippen molar-refractivity contribution in [2.45, 2.75) is 4.90 Å². The highest BCUT2D eigenvalue weighted by atomic mass is 35.5. The van der Waals surface area contributed by atoms with Gasteiger partial charge in [-0.2, -0.15) is 0 Å². The maximum atomic E-state index is 11.1. The fraction of sp³-hybridized carbons (Fsp3) is 0. The number of rotatable bonds is 3. The van der Waals surface area contributed by atoms with Gasteiger partial charge in [-0.3, -0.25) is 4.99 Å². The SMILES string of the molecule is NS(=O)(=O)c1ccc(N=Cc2ccccc2Cl)cc1. The molecule has 0 aliphatic heterocycles. The minimum atomic E-state index is -3.67. The quantitative estimate of drug-likeness (QED) is 0.884. The molecule has 6 heteroatoms. The van der Waals surface area contributed by atoms with Crippen molar-refractivity contribution >= 4 is 33.5 Å². The molecule has 0 spiro atoms. The molecule has 2 aromatic carbocycles. The van der Waals surface area contributed by atoms with Crippen LogP contribution in [-0.2, 0) is 10.0 Å². The number of halogens is 1. The summed E-state index contributed by atoms with van der Waals surface area (Å²) >= 11 is 5.99. The lowest BCUT2D eigenvalue weighted by Crippen LogP contribution is -2.11. The largest absolute Gasteiger partial charge is 0.256 e. The molecule has 0 fully saturated rings. The Morgan fingerprint density at radius 3 is 2.26 bits per heavy atom. The molecule has 2 aromatic rings. The van der Waals surface area contributed by atoms with Gasteiger partial charge in [-0.15, -0.1) is 0 Å². The van der Waals surface area contributed by atoms with E-state index in [1.54, 1.807) is 24.4 Å². The molecule has 2 N–H and O–H groups in total. The summed E-state index contributed by atoms with van der Waals surface area (Å²) in [4.78, 5) is 4.27. The Balaban J connectivity index is 2.23. The Hall–Kier alpha value is -1.69. The lowest BCUT2D eigenvalue weighted by Gasteiger charge is -1.99. The number of nitrogens with zero attached hydrogens (tertiary/aromatic N) is 1. The number of benzene rings is 2. The number of aliphatic imine (C=N–C) groups is 1. The predicted molar refractivity (Wildman–Crippen MR) is 76.5 cm³/mol. The van der Waals surface area contributed by atoms with Gasteiger partial charge in [0, 0.05) is 16.8 Å². The molecule has 0 aliphatic rings. The Labute approximate surface area is 116 Å². The molecule has 0 aliphatic carbocycles. The second-order valence-corrected chi connectivity index (χ2v) is 5.79. The van der Waals surface area contributed by atoms with Gasteiger partial charge in [-0.25, -0.2) is 13.6 Å². The molecule has 0 saturated heterocycles. The second-order valence-electron chi connectivity index (χ2n) is 3.82. The topological polar surface area (TPSA) is 72.5 Å². The van der Waals surface area contributed by atoms with Crippen molar-refractivity contribution in [1.29, 1.82) is 0 Å². The van der Waals surface area contributed by atoms with Crippen molar-refractivity contribution in [2.75, 3.05) is 0 Å². The van der Waals surface area contributed by atoms with Gasteiger partial charge in [0.2, 0.25) is 10.0 Å². The first kappa shape index (κ1) is 13.7. The van der Waals surface area contributed by atoms with Crippen LogP contribution in [0.4, 0.5) is 5.69 Å². The van der Waals surface area contributed by atoms with Gasteiger partial charge in [0.1, 0.15) is 0 Å². The average molecular weight is 295 g/mol. The Morgan fingerprint density at radius 1 is 1.05 bits per heavy atom. The van der Waals surface area contributed by atoms with Gasteiger partial charge in [0.05, 0.1) is 10.6 Å². The summed E-state index contributed by atoms with van der Waals surface area (Å²) in [6, 6.07) is 13.3. The van der Waals surface area contributed by atoms with E-state index in [9.17, 15) is 8.42 Å². The molecular weight excluding hydrogens is 284 g/mol. The van der Waals surface area contributed by atoms with E-state index in [1.807, 2.05) is 18.2 Å². The number of primary sulfonamides is 1. The van der Waals surface area contributed by atoms with Gasteiger partial charge < -0.3 is 0 Å². The molecule has 2 rings (SSSR count). The number of sulfonamides is 1. The fourth-order valence-corrected chi connectivity index (χ4v) is 2.15. The first-order valence-electron chi connectivity index (χ1n) is 5.38. The molecule has 19 heavy (non-hydrogen) atoms. The van der Waals surface area contributed by atoms with Crippen molar-refractivity contribution < 1.29 is 8.42 Å². The standard InChI is InChI=1S/C13H11ClN2O2S/c14-13-4-2-1-3-10(13)9-16-11-5-7-12(8-6-11)19(15,17)18/h1-9H,(H2,15,17,18). The van der Waals surface area contributed by atoms with Gasteiger partial charge in [0.15, 0.2) is 0 Å². The zero-order chi connectivity index (χ0) is 13.9. The highest BCUT2D eigenvalue weighted by Gasteiger charge is 2.06. The molecule has 0 aromatic heterocycles. The van der Waals surface area contributed by atoms with Crippen LogP contribution in [0.1, 0.15) is 5.56 Å². The van der Waals surface area contributed by atoms with Crippen LogP contribution >= 0.6 is 11.6 Å². The summed E-state index contributed by atoms with van der Waals surface area (Å²) < 4.78 is 22.2. The maximum Gasteiger partial charge on any atom is 0.238 e. The normalized spacial score (nSPS) is 11.9. The van der Waals surface area contributed by atoms with Crippen LogP contribution in [0.25, 0.3) is 0 Å². The lowest BCUT2D eigenvalue weighted by molar-refractivity contribution is 0.598. The highest BCUT2D eigenvalue weighted by Crippen LogP contribution is 2.17. The number of nitrogens with two attached hydrogens (primary N) is 1. The second kappa shape index (κ2) is 5.52. The van der Waals surface area contributed by atoms with Gasteiger partial charge in [0.25, 0.3) is 0 Å². The first-order chi connectivity index (χ1) is 8.97. The van der Waals surface area contributed by atoms with E-state index in [0.29, 0.717) is 10.7 Å². The average Bonchev–Trinajstić information content (AvgIpc) is 2.37. The van der Waals surface area contributed by atoms with E-state index < -0.39 is 10.0 Å². The van der Waals surface area contributed by atoms with E-state index in [4.69, 9.17) is 16.7 Å². The lowest BCUT2D eigenvalue weighted by atomic mass is 10.2. The monoisotopic (exact) mass is 294 g/mol. The van der Waals surface area contributed by atoms with Gasteiger partial charge in [-0.05, 0) is 30.3 Å². The highest BCUT2D eigenvalue weighted by molar-refractivity contribution is 7.89. The molecule has 0 amide bonds. The van der Waals surface area contributed by atoms with Crippen LogP contribution < -0.4 is 5.14 Å². The van der Waals surface area contributed by atoms with Crippen LogP contribution in [0.2, 0.25) is 5.02 Å². The molecule has 0 saturated carbocycles. The van der Waals surface area contributed by atoms with Gasteiger partial charge >= 0.3 is 0 Å². The minimum Gasteiger partial charge on any atom is -0.256 e. The zero-order valence-electron chi connectivity index (χ0n) is 9.82. The fourth-order valence-electron chi connectivity index (χ4n) is 1.45. The van der Waals surface area contributed by atoms with Crippen LogP contribution in [0, 0.1) is 0 Å². The van der Waals surface area contributed by atoms with Crippen molar-refractivity contribution in [3.63, 3.8) is 0 Å². The summed E-state index contributed by atoms with van der Waals surface area (Å²) in [5, 5.41) is 5.61. The number of hydrogen-bond acceptors (Lipinski definition) is 3. The maximum absolute atomic E-state index is 11.1. The van der Waals surface area contributed by atoms with E-state index in [2.05, 4.69) is 4.99 Å². The van der Waals surface area contributed by atoms with E-state index in [-0.39, 0.29) is 4.90 Å². The summed E-state index contributed by atoms with van der Waals surface area (Å²) in [5.74, 6) is 0. The van der Waals surface area contributed by atoms with Gasteiger partial charge in [-0.1, -0.05) is 29.8 Å². The molecule has 0 heterocycles. The molecule has 0 atom stereocenters. The third-order valence-electron chi connectivity index (χ3n) is 2.42. The molecule has 98 valence electrons. The van der Waals surface area contributed by atoms with Crippen LogP contribution in [-0.4, -0.2) is 14.6 Å². The number of hydrogen-bond donors (Lipinski definition) is 1. The van der Waals surface area contributed by atoms with Crippen LogP contribution in [0.5, 0.6) is 0 Å². The third kappa shape index (κ3) is 3.64. The Bertz CT molecular complexity index is 710. The predicted octanol–water partition coefficient (Wildman–Crippen LogP) is 2.74. The van der Waals surface area contributed by atoms with Crippen LogP contribution in [0.15, 0.2) is 58.4 Å². The minimum absolute atomic E-state index is 0.0594. The Morgan fingerprint density at radius 2 is 1.68 bits per heavy atom. The van der Waals surface area contributed by atoms with Crippen molar-refractivity contribution in [3.8, 4) is 0 Å². The molecule has 0 bridgehead atoms. The van der Waals surface area contributed by atoms with Crippen molar-refractivity contribution in [3.05, 3.63) is 59.1 Å². The molecule has 0 radical (unpaired) electrons. The van der Waals surface area contributed by atoms with Crippen LogP contribution in [0.3, 0.4) is 0 Å². The smallest absolute Gasteiger partial charge is 0.238 e. The van der Waals surface area contributed by atoms with Crippen molar-refractivity contribution in [2.24, 2.45) is 10.1 Å². The van der Waals surface area contributed by atoms with E-state index in [0.717, 1.165) is 5.56 Å². The molecule has 4 nitrogen and oxygen atoms in total. The van der Waals surface area contributed by atoms with E-state index in [1.165, 1.54) is 12.1 Å². The summed E-state index contributed by atoms with van der Waals surface area (Å²) in [5.41, 5.74) is 1.41. The summed E-state index contributed by atoms with van der Waals surface area (Å²) in [6.07, 6.45) is 1.62. The third-order valence-corrected chi connectivity index (χ3v) is 3.70. The molecule has 0 unspecified atom stereocenters. The Kier molecular flexibility index (Phi) is 3.99. The summed E-state index contributed by atoms with van der Waals surface area (Å²) in [7, 11) is -3.67. The first-order valence-corrected chi connectivity index (χ1v) is 7.31. The summed E-state index contributed by atoms with van der Waals surface area (Å²) in [6.45, 7) is 0. The van der Waals surface area contributed by atoms with Crippen molar-refractivity contribution in [1.82, 2.24) is 0 Å².